The molecule has 0 saturated carbocycles. The maximum atomic E-state index is 13.7. The molecule has 18 heavy (non-hydrogen) atoms. The van der Waals surface area contributed by atoms with E-state index in [9.17, 15) is 8.78 Å². The normalized spacial score (nSPS) is 12.7. The smallest absolute Gasteiger partial charge is 0.183 e. The highest BCUT2D eigenvalue weighted by molar-refractivity contribution is 5.31. The molecule has 1 nitrogen and oxygen atoms in total. The Morgan fingerprint density at radius 2 is 1.72 bits per heavy atom. The monoisotopic (exact) mass is 256 g/mol. The molecule has 1 rings (SSSR count). The largest absolute Gasteiger partial charge is 0.300 e. The van der Waals surface area contributed by atoms with Gasteiger partial charge in [-0.2, -0.15) is 0 Å². The standard InChI is InChI=1S/C15H23F2N/c1-3-5-6-7-11-18(10-4-2)15-12-13(16)8-9-14(15)17/h8-9,12H,3-7,10-11H2,1-2H3/p+1. The molecule has 0 radical (unpaired) electrons. The van der Waals surface area contributed by atoms with Crippen LogP contribution in [0.5, 0.6) is 0 Å². The second kappa shape index (κ2) is 8.20. The molecule has 1 unspecified atom stereocenters. The summed E-state index contributed by atoms with van der Waals surface area (Å²) >= 11 is 0. The first-order valence-corrected chi connectivity index (χ1v) is 6.99. The molecule has 0 amide bonds. The first kappa shape index (κ1) is 15.1. The molecule has 0 bridgehead atoms. The van der Waals surface area contributed by atoms with Crippen LogP contribution in [0.2, 0.25) is 0 Å². The SMILES string of the molecule is CCCCCC[NH+](CCC)c1cc(F)ccc1F. The predicted octanol–water partition coefficient (Wildman–Crippen LogP) is 3.47. The van der Waals surface area contributed by atoms with Crippen molar-refractivity contribution in [1.82, 2.24) is 0 Å². The van der Waals surface area contributed by atoms with Crippen molar-refractivity contribution < 1.29 is 13.7 Å². The van der Waals surface area contributed by atoms with Crippen LogP contribution >= 0.6 is 0 Å². The number of unbranched alkanes of at least 4 members (excludes halogenated alkanes) is 3. The Balaban J connectivity index is 2.67. The van der Waals surface area contributed by atoms with Gasteiger partial charge in [0.05, 0.1) is 13.1 Å². The molecule has 0 fully saturated rings. The molecule has 0 heterocycles. The summed E-state index contributed by atoms with van der Waals surface area (Å²) in [6, 6.07) is 3.74. The molecule has 0 aliphatic heterocycles. The van der Waals surface area contributed by atoms with Crippen molar-refractivity contribution >= 4 is 5.69 Å². The summed E-state index contributed by atoms with van der Waals surface area (Å²) in [7, 11) is 0. The molecule has 102 valence electrons. The zero-order valence-electron chi connectivity index (χ0n) is 11.4. The van der Waals surface area contributed by atoms with Gasteiger partial charge in [-0.1, -0.05) is 26.7 Å². The van der Waals surface area contributed by atoms with Crippen molar-refractivity contribution in [2.45, 2.75) is 46.0 Å². The van der Waals surface area contributed by atoms with Gasteiger partial charge in [-0.15, -0.1) is 0 Å². The average Bonchev–Trinajstić information content (AvgIpc) is 2.36. The fraction of sp³-hybridized carbons (Fsp3) is 0.600. The lowest BCUT2D eigenvalue weighted by atomic mass is 10.2. The highest BCUT2D eigenvalue weighted by atomic mass is 19.1. The second-order valence-electron chi connectivity index (χ2n) is 4.79. The molecule has 0 aliphatic rings. The molecular formula is C15H24F2N+. The first-order valence-electron chi connectivity index (χ1n) is 6.99. The summed E-state index contributed by atoms with van der Waals surface area (Å²) in [5, 5.41) is 0. The number of nitrogens with one attached hydrogen (secondary N) is 1. The zero-order valence-corrected chi connectivity index (χ0v) is 11.4. The van der Waals surface area contributed by atoms with E-state index in [1.807, 2.05) is 0 Å². The highest BCUT2D eigenvalue weighted by Crippen LogP contribution is 2.11. The van der Waals surface area contributed by atoms with E-state index in [0.717, 1.165) is 30.8 Å². The van der Waals surface area contributed by atoms with Crippen LogP contribution in [0.25, 0.3) is 0 Å². The van der Waals surface area contributed by atoms with Gasteiger partial charge in [0.25, 0.3) is 0 Å². The lowest BCUT2D eigenvalue weighted by Crippen LogP contribution is -3.07. The minimum Gasteiger partial charge on any atom is -0.300 e. The molecule has 3 heteroatoms. The van der Waals surface area contributed by atoms with Gasteiger partial charge in [-0.3, -0.25) is 4.90 Å². The fourth-order valence-corrected chi connectivity index (χ4v) is 2.23. The van der Waals surface area contributed by atoms with Gasteiger partial charge in [-0.05, 0) is 31.4 Å². The molecule has 0 aromatic heterocycles. The van der Waals surface area contributed by atoms with Crippen LogP contribution in [0, 0.1) is 11.6 Å². The molecular weight excluding hydrogens is 232 g/mol. The minimum absolute atomic E-state index is 0.296. The fourth-order valence-electron chi connectivity index (χ4n) is 2.23. The van der Waals surface area contributed by atoms with E-state index in [1.165, 1.54) is 37.5 Å². The Hall–Kier alpha value is -0.960. The van der Waals surface area contributed by atoms with Gasteiger partial charge < -0.3 is 0 Å². The van der Waals surface area contributed by atoms with E-state index in [4.69, 9.17) is 0 Å². The van der Waals surface area contributed by atoms with E-state index in [0.29, 0.717) is 5.69 Å². The van der Waals surface area contributed by atoms with Crippen LogP contribution in [-0.2, 0) is 0 Å². The average molecular weight is 256 g/mol. The summed E-state index contributed by atoms with van der Waals surface area (Å²) in [5.41, 5.74) is 0.480. The van der Waals surface area contributed by atoms with Crippen molar-refractivity contribution in [1.29, 1.82) is 0 Å². The lowest BCUT2D eigenvalue weighted by Gasteiger charge is -2.19. The maximum Gasteiger partial charge on any atom is 0.183 e. The first-order chi connectivity index (χ1) is 8.69. The molecule has 1 aromatic carbocycles. The predicted molar refractivity (Wildman–Crippen MR) is 71.1 cm³/mol. The Labute approximate surface area is 109 Å². The van der Waals surface area contributed by atoms with Crippen molar-refractivity contribution in [3.05, 3.63) is 29.8 Å². The summed E-state index contributed by atoms with van der Waals surface area (Å²) in [4.78, 5) is 1.06. The topological polar surface area (TPSA) is 4.44 Å². The van der Waals surface area contributed by atoms with Gasteiger partial charge in [0.15, 0.2) is 11.5 Å². The lowest BCUT2D eigenvalue weighted by molar-refractivity contribution is -0.834. The van der Waals surface area contributed by atoms with Crippen LogP contribution < -0.4 is 4.90 Å². The highest BCUT2D eigenvalue weighted by Gasteiger charge is 2.16. The van der Waals surface area contributed by atoms with E-state index in [-0.39, 0.29) is 11.6 Å². The third kappa shape index (κ3) is 4.73. The number of benzene rings is 1. The van der Waals surface area contributed by atoms with Crippen molar-refractivity contribution in [2.24, 2.45) is 0 Å². The summed E-state index contributed by atoms with van der Waals surface area (Å²) in [6.45, 7) is 5.98. The Bertz CT molecular complexity index is 352. The Morgan fingerprint density at radius 1 is 0.944 bits per heavy atom. The van der Waals surface area contributed by atoms with E-state index < -0.39 is 0 Å². The third-order valence-electron chi connectivity index (χ3n) is 3.19. The van der Waals surface area contributed by atoms with Crippen molar-refractivity contribution in [3.63, 3.8) is 0 Å². The number of halogens is 2. The Kier molecular flexibility index (Phi) is 6.88. The maximum absolute atomic E-state index is 13.7. The summed E-state index contributed by atoms with van der Waals surface area (Å²) < 4.78 is 26.9. The van der Waals surface area contributed by atoms with Gasteiger partial charge in [-0.25, -0.2) is 8.78 Å². The second-order valence-corrected chi connectivity index (χ2v) is 4.79. The molecule has 1 aromatic rings. The third-order valence-corrected chi connectivity index (χ3v) is 3.19. The van der Waals surface area contributed by atoms with Gasteiger partial charge in [0.1, 0.15) is 5.82 Å². The number of rotatable bonds is 8. The van der Waals surface area contributed by atoms with E-state index in [1.54, 1.807) is 0 Å². The van der Waals surface area contributed by atoms with Gasteiger partial charge >= 0.3 is 0 Å². The van der Waals surface area contributed by atoms with Crippen LogP contribution in [0.3, 0.4) is 0 Å². The number of quaternary nitrogens is 1. The number of hydrogen-bond donors (Lipinski definition) is 1. The molecule has 0 saturated heterocycles. The minimum atomic E-state index is -0.353. The molecule has 1 atom stereocenters. The van der Waals surface area contributed by atoms with Crippen molar-refractivity contribution in [3.8, 4) is 0 Å². The van der Waals surface area contributed by atoms with E-state index >= 15 is 0 Å². The summed E-state index contributed by atoms with van der Waals surface area (Å²) in [5.74, 6) is -0.649. The summed E-state index contributed by atoms with van der Waals surface area (Å²) in [6.07, 6.45) is 5.61. The van der Waals surface area contributed by atoms with E-state index in [2.05, 4.69) is 13.8 Å². The molecule has 0 aliphatic carbocycles. The number of hydrogen-bond acceptors (Lipinski definition) is 0. The van der Waals surface area contributed by atoms with Crippen LogP contribution in [0.15, 0.2) is 18.2 Å². The van der Waals surface area contributed by atoms with Gasteiger partial charge in [0.2, 0.25) is 0 Å². The van der Waals surface area contributed by atoms with Gasteiger partial charge in [0, 0.05) is 6.07 Å². The van der Waals surface area contributed by atoms with Crippen LogP contribution in [-0.4, -0.2) is 13.1 Å². The molecule has 0 spiro atoms. The molecule has 1 N–H and O–H groups in total. The van der Waals surface area contributed by atoms with Crippen LogP contribution in [0.4, 0.5) is 14.5 Å². The Morgan fingerprint density at radius 3 is 2.39 bits per heavy atom. The zero-order chi connectivity index (χ0) is 13.4. The van der Waals surface area contributed by atoms with Crippen LogP contribution in [0.1, 0.15) is 46.0 Å². The quantitative estimate of drug-likeness (QED) is 0.679. The van der Waals surface area contributed by atoms with Crippen molar-refractivity contribution in [2.75, 3.05) is 13.1 Å².